The number of aryl methyl sites for hydroxylation is 1. The monoisotopic (exact) mass is 261 g/mol. The molecule has 1 amide bonds. The van der Waals surface area contributed by atoms with Crippen molar-refractivity contribution in [3.05, 3.63) is 45.4 Å². The molecule has 3 N–H and O–H groups in total. The molecule has 0 saturated carbocycles. The van der Waals surface area contributed by atoms with Crippen LogP contribution < -0.4 is 11.1 Å². The summed E-state index contributed by atoms with van der Waals surface area (Å²) in [6.07, 6.45) is 0. The van der Waals surface area contributed by atoms with Crippen LogP contribution in [-0.2, 0) is 6.54 Å². The van der Waals surface area contributed by atoms with Gasteiger partial charge in [-0.1, -0.05) is 12.1 Å². The van der Waals surface area contributed by atoms with Crippen LogP contribution in [0.25, 0.3) is 0 Å². The van der Waals surface area contributed by atoms with E-state index in [0.29, 0.717) is 12.2 Å². The number of nitrogens with one attached hydrogen (secondary N) is 1. The van der Waals surface area contributed by atoms with Crippen LogP contribution in [0.3, 0.4) is 0 Å². The standard InChI is InChI=1S/C13H15N3OS/c1-8-4-3-5-10(9(8)2)16-13(17)11-7-18-12(6-14)15-11/h3-5,7H,6,14H2,1-2H3,(H,16,17). The third-order valence-corrected chi connectivity index (χ3v) is 3.68. The molecule has 0 radical (unpaired) electrons. The number of rotatable bonds is 3. The number of anilines is 1. The maximum Gasteiger partial charge on any atom is 0.275 e. The third-order valence-electron chi connectivity index (χ3n) is 2.81. The number of thiazole rings is 1. The fourth-order valence-corrected chi connectivity index (χ4v) is 2.24. The fourth-order valence-electron chi connectivity index (χ4n) is 1.58. The Morgan fingerprint density at radius 1 is 1.44 bits per heavy atom. The van der Waals surface area contributed by atoms with E-state index >= 15 is 0 Å². The van der Waals surface area contributed by atoms with Crippen molar-refractivity contribution in [3.8, 4) is 0 Å². The minimum atomic E-state index is -0.195. The lowest BCUT2D eigenvalue weighted by Crippen LogP contribution is -2.13. The number of benzene rings is 1. The average molecular weight is 261 g/mol. The largest absolute Gasteiger partial charge is 0.325 e. The molecule has 4 nitrogen and oxygen atoms in total. The lowest BCUT2D eigenvalue weighted by molar-refractivity contribution is 0.102. The van der Waals surface area contributed by atoms with Crippen LogP contribution in [0.4, 0.5) is 5.69 Å². The normalized spacial score (nSPS) is 10.4. The van der Waals surface area contributed by atoms with Gasteiger partial charge in [0.25, 0.3) is 5.91 Å². The van der Waals surface area contributed by atoms with E-state index in [1.807, 2.05) is 32.0 Å². The minimum absolute atomic E-state index is 0.195. The van der Waals surface area contributed by atoms with Gasteiger partial charge in [0, 0.05) is 17.6 Å². The Hall–Kier alpha value is -1.72. The molecule has 0 unspecified atom stereocenters. The first kappa shape index (κ1) is 12.7. The van der Waals surface area contributed by atoms with E-state index in [9.17, 15) is 4.79 Å². The molecule has 0 spiro atoms. The second-order valence-electron chi connectivity index (χ2n) is 4.03. The molecule has 0 bridgehead atoms. The smallest absolute Gasteiger partial charge is 0.275 e. The summed E-state index contributed by atoms with van der Waals surface area (Å²) in [7, 11) is 0. The van der Waals surface area contributed by atoms with Gasteiger partial charge in [0.15, 0.2) is 0 Å². The molecule has 5 heteroatoms. The molecule has 2 rings (SSSR count). The van der Waals surface area contributed by atoms with Crippen molar-refractivity contribution in [2.45, 2.75) is 20.4 Å². The zero-order valence-electron chi connectivity index (χ0n) is 10.4. The van der Waals surface area contributed by atoms with Crippen LogP contribution in [-0.4, -0.2) is 10.9 Å². The van der Waals surface area contributed by atoms with Crippen molar-refractivity contribution < 1.29 is 4.79 Å². The summed E-state index contributed by atoms with van der Waals surface area (Å²) in [5.74, 6) is -0.195. The molecular formula is C13H15N3OS. The number of carbonyl (C=O) groups excluding carboxylic acids is 1. The van der Waals surface area contributed by atoms with Gasteiger partial charge >= 0.3 is 0 Å². The first-order valence-electron chi connectivity index (χ1n) is 5.64. The molecule has 0 aliphatic rings. The third kappa shape index (κ3) is 2.57. The van der Waals surface area contributed by atoms with Crippen LogP contribution in [0.5, 0.6) is 0 Å². The molecule has 0 aliphatic carbocycles. The van der Waals surface area contributed by atoms with Crippen molar-refractivity contribution in [2.24, 2.45) is 5.73 Å². The number of nitrogens with zero attached hydrogens (tertiary/aromatic N) is 1. The Kier molecular flexibility index (Phi) is 3.74. The zero-order valence-corrected chi connectivity index (χ0v) is 11.2. The Morgan fingerprint density at radius 3 is 2.89 bits per heavy atom. The van der Waals surface area contributed by atoms with Crippen LogP contribution in [0.1, 0.15) is 26.6 Å². The molecule has 0 atom stereocenters. The quantitative estimate of drug-likeness (QED) is 0.891. The van der Waals surface area contributed by atoms with Crippen molar-refractivity contribution in [1.82, 2.24) is 4.98 Å². The van der Waals surface area contributed by atoms with Crippen molar-refractivity contribution in [2.75, 3.05) is 5.32 Å². The molecule has 0 fully saturated rings. The zero-order chi connectivity index (χ0) is 13.1. The van der Waals surface area contributed by atoms with E-state index in [-0.39, 0.29) is 5.91 Å². The topological polar surface area (TPSA) is 68.0 Å². The van der Waals surface area contributed by atoms with Gasteiger partial charge in [0.2, 0.25) is 0 Å². The molecule has 2 aromatic rings. The second-order valence-corrected chi connectivity index (χ2v) is 4.97. The number of hydrogen-bond acceptors (Lipinski definition) is 4. The minimum Gasteiger partial charge on any atom is -0.325 e. The van der Waals surface area contributed by atoms with Crippen LogP contribution in [0.15, 0.2) is 23.6 Å². The Labute approximate surface area is 110 Å². The molecule has 0 aliphatic heterocycles. The number of hydrogen-bond donors (Lipinski definition) is 2. The summed E-state index contributed by atoms with van der Waals surface area (Å²) >= 11 is 1.40. The van der Waals surface area contributed by atoms with Gasteiger partial charge in [-0.05, 0) is 31.0 Å². The Morgan fingerprint density at radius 2 is 2.22 bits per heavy atom. The number of amides is 1. The lowest BCUT2D eigenvalue weighted by Gasteiger charge is -2.09. The molecular weight excluding hydrogens is 246 g/mol. The van der Waals surface area contributed by atoms with Gasteiger partial charge in [0.05, 0.1) is 0 Å². The number of aromatic nitrogens is 1. The van der Waals surface area contributed by atoms with Crippen molar-refractivity contribution in [3.63, 3.8) is 0 Å². The summed E-state index contributed by atoms with van der Waals surface area (Å²) in [4.78, 5) is 16.2. The summed E-state index contributed by atoms with van der Waals surface area (Å²) in [6.45, 7) is 4.36. The number of carbonyl (C=O) groups is 1. The van der Waals surface area contributed by atoms with Gasteiger partial charge in [0.1, 0.15) is 10.7 Å². The first-order valence-corrected chi connectivity index (χ1v) is 6.52. The summed E-state index contributed by atoms with van der Waals surface area (Å²) in [6, 6.07) is 5.82. The number of nitrogens with two attached hydrogens (primary N) is 1. The highest BCUT2D eigenvalue weighted by Crippen LogP contribution is 2.19. The van der Waals surface area contributed by atoms with E-state index < -0.39 is 0 Å². The summed E-state index contributed by atoms with van der Waals surface area (Å²) < 4.78 is 0. The first-order chi connectivity index (χ1) is 8.61. The van der Waals surface area contributed by atoms with E-state index in [1.54, 1.807) is 5.38 Å². The Balaban J connectivity index is 2.18. The highest BCUT2D eigenvalue weighted by atomic mass is 32.1. The predicted octanol–water partition coefficient (Wildman–Crippen LogP) is 2.47. The Bertz CT molecular complexity index is 577. The molecule has 1 aromatic carbocycles. The van der Waals surface area contributed by atoms with Crippen molar-refractivity contribution >= 4 is 22.9 Å². The van der Waals surface area contributed by atoms with E-state index in [4.69, 9.17) is 5.73 Å². The summed E-state index contributed by atoms with van der Waals surface area (Å²) in [5, 5.41) is 5.36. The predicted molar refractivity (Wildman–Crippen MR) is 73.9 cm³/mol. The second kappa shape index (κ2) is 5.29. The van der Waals surface area contributed by atoms with Gasteiger partial charge in [-0.2, -0.15) is 0 Å². The molecule has 1 heterocycles. The lowest BCUT2D eigenvalue weighted by atomic mass is 10.1. The highest BCUT2D eigenvalue weighted by Gasteiger charge is 2.11. The van der Waals surface area contributed by atoms with Crippen molar-refractivity contribution in [1.29, 1.82) is 0 Å². The highest BCUT2D eigenvalue weighted by molar-refractivity contribution is 7.09. The molecule has 18 heavy (non-hydrogen) atoms. The van der Waals surface area contributed by atoms with Gasteiger partial charge in [-0.3, -0.25) is 4.79 Å². The molecule has 94 valence electrons. The van der Waals surface area contributed by atoms with Crippen LogP contribution >= 0.6 is 11.3 Å². The molecule has 1 aromatic heterocycles. The van der Waals surface area contributed by atoms with Crippen LogP contribution in [0.2, 0.25) is 0 Å². The van der Waals surface area contributed by atoms with E-state index in [0.717, 1.165) is 21.8 Å². The van der Waals surface area contributed by atoms with E-state index in [2.05, 4.69) is 10.3 Å². The van der Waals surface area contributed by atoms with Gasteiger partial charge < -0.3 is 11.1 Å². The maximum absolute atomic E-state index is 12.0. The summed E-state index contributed by atoms with van der Waals surface area (Å²) in [5.41, 5.74) is 8.93. The SMILES string of the molecule is Cc1cccc(NC(=O)c2csc(CN)n2)c1C. The van der Waals surface area contributed by atoms with E-state index in [1.165, 1.54) is 11.3 Å². The van der Waals surface area contributed by atoms with Crippen LogP contribution in [0, 0.1) is 13.8 Å². The van der Waals surface area contributed by atoms with Gasteiger partial charge in [-0.25, -0.2) is 4.98 Å². The average Bonchev–Trinajstić information content (AvgIpc) is 2.83. The van der Waals surface area contributed by atoms with Gasteiger partial charge in [-0.15, -0.1) is 11.3 Å². The fraction of sp³-hybridized carbons (Fsp3) is 0.231. The maximum atomic E-state index is 12.0. The molecule has 0 saturated heterocycles.